The molecule has 0 saturated carbocycles. The topological polar surface area (TPSA) is 69.7 Å². The van der Waals surface area contributed by atoms with Gasteiger partial charge in [0.25, 0.3) is 5.91 Å². The number of sulfonamides is 1. The molecule has 0 aliphatic rings. The van der Waals surface area contributed by atoms with E-state index in [9.17, 15) is 17.6 Å². The van der Waals surface area contributed by atoms with Crippen molar-refractivity contribution >= 4 is 31.9 Å². The predicted octanol–water partition coefficient (Wildman–Crippen LogP) is 2.87. The summed E-state index contributed by atoms with van der Waals surface area (Å²) in [5.41, 5.74) is 0.956. The quantitative estimate of drug-likeness (QED) is 0.673. The first kappa shape index (κ1) is 22.5. The van der Waals surface area contributed by atoms with Crippen LogP contribution in [0.3, 0.4) is 0 Å². The third-order valence-corrected chi connectivity index (χ3v) is 7.07. The first-order valence-corrected chi connectivity index (χ1v) is 10.7. The summed E-state index contributed by atoms with van der Waals surface area (Å²) in [6, 6.07) is 10.4. The van der Waals surface area contributed by atoms with E-state index < -0.39 is 15.9 Å². The molecule has 0 aliphatic carbocycles. The van der Waals surface area contributed by atoms with E-state index in [4.69, 9.17) is 0 Å². The van der Waals surface area contributed by atoms with E-state index in [1.54, 1.807) is 18.2 Å². The number of carbonyl (C=O) groups is 1. The van der Waals surface area contributed by atoms with Crippen molar-refractivity contribution in [1.82, 2.24) is 14.5 Å². The first-order valence-electron chi connectivity index (χ1n) is 8.46. The van der Waals surface area contributed by atoms with Gasteiger partial charge >= 0.3 is 0 Å². The smallest absolute Gasteiger partial charge is 0.251 e. The van der Waals surface area contributed by atoms with Gasteiger partial charge < -0.3 is 10.2 Å². The van der Waals surface area contributed by atoms with Gasteiger partial charge in [-0.1, -0.05) is 12.1 Å². The van der Waals surface area contributed by atoms with Gasteiger partial charge in [-0.25, -0.2) is 17.1 Å². The van der Waals surface area contributed by atoms with Gasteiger partial charge in [0, 0.05) is 30.7 Å². The number of likely N-dealkylation sites (N-methyl/N-ethyl adjacent to an activating group) is 1. The monoisotopic (exact) mass is 471 g/mol. The molecule has 2 rings (SSSR count). The fourth-order valence-electron chi connectivity index (χ4n) is 2.64. The number of benzene rings is 2. The standard InChI is InChI=1S/C19H23BrFN3O3S/c1-23(2)17(13-6-5-7-15(21)10-13)12-22-19(25)14-8-9-16(20)18(11-14)28(26,27)24(3)4/h5-11,17H,12H2,1-4H3,(H,22,25). The van der Waals surface area contributed by atoms with E-state index in [2.05, 4.69) is 21.2 Å². The van der Waals surface area contributed by atoms with Crippen LogP contribution in [0.2, 0.25) is 0 Å². The van der Waals surface area contributed by atoms with Crippen LogP contribution in [0, 0.1) is 5.82 Å². The third-order valence-electron chi connectivity index (χ3n) is 4.26. The first-order chi connectivity index (χ1) is 13.0. The SMILES string of the molecule is CN(C)C(CNC(=O)c1ccc(Br)c(S(=O)(=O)N(C)C)c1)c1cccc(F)c1. The Kier molecular flexibility index (Phi) is 7.33. The van der Waals surface area contributed by atoms with Gasteiger partial charge in [0.1, 0.15) is 5.82 Å². The normalized spacial score (nSPS) is 13.0. The van der Waals surface area contributed by atoms with Crippen LogP contribution in [-0.4, -0.2) is 58.3 Å². The molecule has 0 radical (unpaired) electrons. The zero-order chi connectivity index (χ0) is 21.1. The summed E-state index contributed by atoms with van der Waals surface area (Å²) in [7, 11) is 2.82. The number of carbonyl (C=O) groups excluding carboxylic acids is 1. The molecule has 0 fully saturated rings. The molecule has 0 aromatic heterocycles. The summed E-state index contributed by atoms with van der Waals surface area (Å²) in [6.45, 7) is 0.237. The number of hydrogen-bond donors (Lipinski definition) is 1. The van der Waals surface area contributed by atoms with Crippen molar-refractivity contribution in [2.45, 2.75) is 10.9 Å². The molecular formula is C19H23BrFN3O3S. The lowest BCUT2D eigenvalue weighted by molar-refractivity contribution is 0.0941. The zero-order valence-corrected chi connectivity index (χ0v) is 18.5. The van der Waals surface area contributed by atoms with Crippen molar-refractivity contribution in [2.24, 2.45) is 0 Å². The summed E-state index contributed by atoms with van der Waals surface area (Å²) in [6.07, 6.45) is 0. The number of rotatable bonds is 7. The molecule has 0 aliphatic heterocycles. The molecule has 152 valence electrons. The van der Waals surface area contributed by atoms with Crippen LogP contribution < -0.4 is 5.32 Å². The molecular weight excluding hydrogens is 449 g/mol. The highest BCUT2D eigenvalue weighted by atomic mass is 79.9. The van der Waals surface area contributed by atoms with E-state index in [1.165, 1.54) is 38.4 Å². The number of hydrogen-bond acceptors (Lipinski definition) is 4. The summed E-state index contributed by atoms with van der Waals surface area (Å²) < 4.78 is 39.8. The molecule has 1 N–H and O–H groups in total. The minimum absolute atomic E-state index is 0.0134. The molecule has 6 nitrogen and oxygen atoms in total. The van der Waals surface area contributed by atoms with Crippen molar-refractivity contribution in [3.63, 3.8) is 0 Å². The third kappa shape index (κ3) is 5.16. The van der Waals surface area contributed by atoms with Crippen LogP contribution in [0.5, 0.6) is 0 Å². The molecule has 0 heterocycles. The highest BCUT2D eigenvalue weighted by Gasteiger charge is 2.23. The van der Waals surface area contributed by atoms with Crippen molar-refractivity contribution in [3.8, 4) is 0 Å². The van der Waals surface area contributed by atoms with Crippen molar-refractivity contribution in [3.05, 3.63) is 63.9 Å². The molecule has 9 heteroatoms. The Bertz CT molecular complexity index is 965. The minimum atomic E-state index is -3.70. The number of nitrogens with zero attached hydrogens (tertiary/aromatic N) is 2. The Morgan fingerprint density at radius 2 is 1.82 bits per heavy atom. The van der Waals surface area contributed by atoms with Crippen LogP contribution in [0.15, 0.2) is 51.8 Å². The Morgan fingerprint density at radius 3 is 2.39 bits per heavy atom. The van der Waals surface area contributed by atoms with E-state index in [0.717, 1.165) is 9.87 Å². The number of nitrogens with one attached hydrogen (secondary N) is 1. The lowest BCUT2D eigenvalue weighted by Gasteiger charge is -2.25. The van der Waals surface area contributed by atoms with Crippen molar-refractivity contribution in [1.29, 1.82) is 0 Å². The van der Waals surface area contributed by atoms with Crippen LogP contribution in [0.4, 0.5) is 4.39 Å². The van der Waals surface area contributed by atoms with Crippen molar-refractivity contribution < 1.29 is 17.6 Å². The second kappa shape index (κ2) is 9.13. The van der Waals surface area contributed by atoms with E-state index in [1.807, 2.05) is 19.0 Å². The Hall–Kier alpha value is -1.81. The molecule has 2 aromatic rings. The molecule has 1 unspecified atom stereocenters. The summed E-state index contributed by atoms with van der Waals surface area (Å²) >= 11 is 3.22. The average molecular weight is 472 g/mol. The van der Waals surface area contributed by atoms with E-state index in [0.29, 0.717) is 4.47 Å². The van der Waals surface area contributed by atoms with Gasteiger partial charge in [0.15, 0.2) is 0 Å². The number of halogens is 2. The van der Waals surface area contributed by atoms with Crippen LogP contribution in [0.1, 0.15) is 22.0 Å². The van der Waals surface area contributed by atoms with Gasteiger partial charge in [0.2, 0.25) is 10.0 Å². The molecule has 2 aromatic carbocycles. The Labute approximate surface area is 173 Å². The Morgan fingerprint density at radius 1 is 1.14 bits per heavy atom. The zero-order valence-electron chi connectivity index (χ0n) is 16.1. The molecule has 0 bridgehead atoms. The van der Waals surface area contributed by atoms with Gasteiger partial charge in [-0.3, -0.25) is 4.79 Å². The second-order valence-electron chi connectivity index (χ2n) is 6.68. The summed E-state index contributed by atoms with van der Waals surface area (Å²) in [4.78, 5) is 14.5. The van der Waals surface area contributed by atoms with Gasteiger partial charge in [-0.05, 0) is 65.9 Å². The predicted molar refractivity (Wildman–Crippen MR) is 110 cm³/mol. The maximum absolute atomic E-state index is 13.5. The van der Waals surface area contributed by atoms with Crippen LogP contribution >= 0.6 is 15.9 Å². The maximum Gasteiger partial charge on any atom is 0.251 e. The van der Waals surface area contributed by atoms with Crippen LogP contribution in [0.25, 0.3) is 0 Å². The van der Waals surface area contributed by atoms with Gasteiger partial charge in [0.05, 0.1) is 10.9 Å². The van der Waals surface area contributed by atoms with Gasteiger partial charge in [-0.2, -0.15) is 0 Å². The van der Waals surface area contributed by atoms with Gasteiger partial charge in [-0.15, -0.1) is 0 Å². The molecule has 0 saturated heterocycles. The molecule has 0 spiro atoms. The molecule has 28 heavy (non-hydrogen) atoms. The highest BCUT2D eigenvalue weighted by molar-refractivity contribution is 9.10. The van der Waals surface area contributed by atoms with E-state index in [-0.39, 0.29) is 28.9 Å². The van der Waals surface area contributed by atoms with Crippen molar-refractivity contribution in [2.75, 3.05) is 34.7 Å². The molecule has 1 amide bonds. The summed E-state index contributed by atoms with van der Waals surface area (Å²) in [5, 5.41) is 2.80. The minimum Gasteiger partial charge on any atom is -0.350 e. The summed E-state index contributed by atoms with van der Waals surface area (Å²) in [5.74, 6) is -0.756. The Balaban J connectivity index is 2.23. The largest absolute Gasteiger partial charge is 0.350 e. The molecule has 1 atom stereocenters. The fourth-order valence-corrected chi connectivity index (χ4v) is 4.49. The maximum atomic E-state index is 13.5. The lowest BCUT2D eigenvalue weighted by atomic mass is 10.1. The second-order valence-corrected chi connectivity index (χ2v) is 9.65. The highest BCUT2D eigenvalue weighted by Crippen LogP contribution is 2.25. The van der Waals surface area contributed by atoms with Crippen LogP contribution in [-0.2, 0) is 10.0 Å². The lowest BCUT2D eigenvalue weighted by Crippen LogP contribution is -2.34. The van der Waals surface area contributed by atoms with E-state index >= 15 is 0 Å². The average Bonchev–Trinajstić information content (AvgIpc) is 2.61. The number of amides is 1. The fraction of sp³-hybridized carbons (Fsp3) is 0.316.